The molecule has 0 amide bonds. The molecule has 1 heterocycles. The van der Waals surface area contributed by atoms with Crippen LogP contribution in [0.4, 0.5) is 0 Å². The highest BCUT2D eigenvalue weighted by molar-refractivity contribution is 14.1. The summed E-state index contributed by atoms with van der Waals surface area (Å²) >= 11 is 5.75. The van der Waals surface area contributed by atoms with Crippen LogP contribution in [0.2, 0.25) is 0 Å². The minimum Gasteiger partial charge on any atom is -0.421 e. The smallest absolute Gasteiger partial charge is 0.248 e. The van der Waals surface area contributed by atoms with E-state index >= 15 is 0 Å². The van der Waals surface area contributed by atoms with Crippen LogP contribution in [0.5, 0.6) is 0 Å². The fraction of sp³-hybridized carbons (Fsp3) is 0.429. The van der Waals surface area contributed by atoms with Gasteiger partial charge in [0.15, 0.2) is 0 Å². The van der Waals surface area contributed by atoms with Crippen molar-refractivity contribution >= 4 is 38.5 Å². The first kappa shape index (κ1) is 14.5. The van der Waals surface area contributed by atoms with Gasteiger partial charge >= 0.3 is 0 Å². The number of hydrogen-bond acceptors (Lipinski definition) is 4. The van der Waals surface area contributed by atoms with Gasteiger partial charge in [-0.05, 0) is 66.6 Å². The molecule has 0 bridgehead atoms. The maximum absolute atomic E-state index is 5.75. The maximum Gasteiger partial charge on any atom is 0.248 e. The molecule has 1 aliphatic rings. The number of aryl methyl sites for hydroxylation is 1. The Kier molecular flexibility index (Phi) is 4.72. The molecular weight excluding hydrogens is 433 g/mol. The quantitative estimate of drug-likeness (QED) is 0.540. The van der Waals surface area contributed by atoms with Crippen LogP contribution in [0.25, 0.3) is 11.5 Å². The van der Waals surface area contributed by atoms with Gasteiger partial charge in [-0.15, -0.1) is 10.2 Å². The van der Waals surface area contributed by atoms with Crippen LogP contribution in [-0.4, -0.2) is 22.8 Å². The zero-order valence-corrected chi connectivity index (χ0v) is 14.6. The number of benzene rings is 1. The predicted octanol–water partition coefficient (Wildman–Crippen LogP) is 3.79. The van der Waals surface area contributed by atoms with Gasteiger partial charge in [0.05, 0.1) is 5.56 Å². The first-order valence-corrected chi connectivity index (χ1v) is 8.61. The molecule has 106 valence electrons. The lowest BCUT2D eigenvalue weighted by Gasteiger charge is -2.00. The summed E-state index contributed by atoms with van der Waals surface area (Å²) in [7, 11) is 0. The normalized spacial score (nSPS) is 14.7. The van der Waals surface area contributed by atoms with Gasteiger partial charge in [0.2, 0.25) is 11.8 Å². The van der Waals surface area contributed by atoms with Crippen molar-refractivity contribution in [2.24, 2.45) is 0 Å². The number of nitrogens with zero attached hydrogens (tertiary/aromatic N) is 2. The Bertz CT molecular complexity index is 598. The summed E-state index contributed by atoms with van der Waals surface area (Å²) in [6, 6.07) is 6.81. The standard InChI is InChI=1S/C14H15BrIN3O/c15-9-3-6-12(16)11(8-9)14-19-18-13(20-14)2-1-7-17-10-4-5-10/h3,6,8,10,17H,1-2,4-5,7H2. The van der Waals surface area contributed by atoms with E-state index < -0.39 is 0 Å². The van der Waals surface area contributed by atoms with Crippen LogP contribution in [0.1, 0.15) is 25.2 Å². The monoisotopic (exact) mass is 447 g/mol. The highest BCUT2D eigenvalue weighted by Crippen LogP contribution is 2.27. The zero-order valence-electron chi connectivity index (χ0n) is 10.9. The molecule has 0 spiro atoms. The third-order valence-corrected chi connectivity index (χ3v) is 4.64. The van der Waals surface area contributed by atoms with E-state index in [1.165, 1.54) is 12.8 Å². The summed E-state index contributed by atoms with van der Waals surface area (Å²) in [4.78, 5) is 0. The second-order valence-corrected chi connectivity index (χ2v) is 7.03. The number of halogens is 2. The van der Waals surface area contributed by atoms with Crippen LogP contribution in [0.15, 0.2) is 27.1 Å². The minimum absolute atomic E-state index is 0.598. The van der Waals surface area contributed by atoms with Crippen LogP contribution in [0.3, 0.4) is 0 Å². The molecule has 0 unspecified atom stereocenters. The first-order valence-electron chi connectivity index (χ1n) is 6.73. The van der Waals surface area contributed by atoms with Gasteiger partial charge in [-0.2, -0.15) is 0 Å². The third kappa shape index (κ3) is 3.79. The minimum atomic E-state index is 0.598. The molecule has 0 saturated heterocycles. The molecular formula is C14H15BrIN3O. The second kappa shape index (κ2) is 6.53. The summed E-state index contributed by atoms with van der Waals surface area (Å²) in [6.07, 6.45) is 4.52. The van der Waals surface area contributed by atoms with Crippen molar-refractivity contribution in [3.63, 3.8) is 0 Å². The average Bonchev–Trinajstić information content (AvgIpc) is 3.15. The van der Waals surface area contributed by atoms with Crippen molar-refractivity contribution in [1.29, 1.82) is 0 Å². The predicted molar refractivity (Wildman–Crippen MR) is 89.5 cm³/mol. The SMILES string of the molecule is Brc1ccc(I)c(-c2nnc(CCCNC3CC3)o2)c1. The fourth-order valence-corrected chi connectivity index (χ4v) is 2.89. The van der Waals surface area contributed by atoms with E-state index in [2.05, 4.69) is 54.0 Å². The summed E-state index contributed by atoms with van der Waals surface area (Å²) < 4.78 is 7.88. The van der Waals surface area contributed by atoms with Gasteiger partial charge in [-0.25, -0.2) is 0 Å². The molecule has 1 fully saturated rings. The van der Waals surface area contributed by atoms with Crippen LogP contribution >= 0.6 is 38.5 Å². The summed E-state index contributed by atoms with van der Waals surface area (Å²) in [5, 5.41) is 11.8. The van der Waals surface area contributed by atoms with Crippen LogP contribution in [-0.2, 0) is 6.42 Å². The van der Waals surface area contributed by atoms with E-state index in [0.29, 0.717) is 11.8 Å². The van der Waals surface area contributed by atoms with Crippen LogP contribution in [0, 0.1) is 3.57 Å². The number of aromatic nitrogens is 2. The number of hydrogen-bond donors (Lipinski definition) is 1. The van der Waals surface area contributed by atoms with E-state index in [9.17, 15) is 0 Å². The van der Waals surface area contributed by atoms with Crippen molar-refractivity contribution in [1.82, 2.24) is 15.5 Å². The first-order chi connectivity index (χ1) is 9.72. The van der Waals surface area contributed by atoms with E-state index in [1.54, 1.807) is 0 Å². The van der Waals surface area contributed by atoms with Gasteiger partial charge < -0.3 is 9.73 Å². The van der Waals surface area contributed by atoms with Crippen molar-refractivity contribution < 1.29 is 4.42 Å². The van der Waals surface area contributed by atoms with Crippen molar-refractivity contribution in [3.05, 3.63) is 32.1 Å². The molecule has 1 N–H and O–H groups in total. The van der Waals surface area contributed by atoms with Gasteiger partial charge in [-0.1, -0.05) is 15.9 Å². The molecule has 1 aromatic carbocycles. The average molecular weight is 448 g/mol. The Hall–Kier alpha value is -0.470. The Morgan fingerprint density at radius 3 is 3.00 bits per heavy atom. The lowest BCUT2D eigenvalue weighted by molar-refractivity contribution is 0.490. The topological polar surface area (TPSA) is 51.0 Å². The third-order valence-electron chi connectivity index (χ3n) is 3.20. The molecule has 0 atom stereocenters. The summed E-state index contributed by atoms with van der Waals surface area (Å²) in [5.74, 6) is 1.31. The molecule has 0 aliphatic heterocycles. The molecule has 1 saturated carbocycles. The highest BCUT2D eigenvalue weighted by Gasteiger charge is 2.19. The van der Waals surface area contributed by atoms with Gasteiger partial charge in [0, 0.05) is 20.5 Å². The van der Waals surface area contributed by atoms with E-state index in [0.717, 1.165) is 39.0 Å². The van der Waals surface area contributed by atoms with Crippen molar-refractivity contribution in [3.8, 4) is 11.5 Å². The molecule has 4 nitrogen and oxygen atoms in total. The second-order valence-electron chi connectivity index (χ2n) is 4.96. The van der Waals surface area contributed by atoms with Crippen LogP contribution < -0.4 is 5.32 Å². The molecule has 1 aliphatic carbocycles. The highest BCUT2D eigenvalue weighted by atomic mass is 127. The molecule has 6 heteroatoms. The Balaban J connectivity index is 1.61. The van der Waals surface area contributed by atoms with E-state index in [4.69, 9.17) is 4.42 Å². The van der Waals surface area contributed by atoms with E-state index in [-0.39, 0.29) is 0 Å². The molecule has 3 rings (SSSR count). The van der Waals surface area contributed by atoms with Crippen molar-refractivity contribution in [2.45, 2.75) is 31.7 Å². The molecule has 0 radical (unpaired) electrons. The number of nitrogens with one attached hydrogen (secondary N) is 1. The lowest BCUT2D eigenvalue weighted by Crippen LogP contribution is -2.17. The summed E-state index contributed by atoms with van der Waals surface area (Å²) in [6.45, 7) is 1.02. The Morgan fingerprint density at radius 1 is 1.35 bits per heavy atom. The molecule has 2 aromatic rings. The van der Waals surface area contributed by atoms with Gasteiger partial charge in [0.1, 0.15) is 0 Å². The number of rotatable bonds is 6. The Labute approximate surface area is 140 Å². The van der Waals surface area contributed by atoms with Gasteiger partial charge in [-0.3, -0.25) is 0 Å². The zero-order chi connectivity index (χ0) is 13.9. The molecule has 1 aromatic heterocycles. The van der Waals surface area contributed by atoms with Crippen molar-refractivity contribution in [2.75, 3.05) is 6.54 Å². The lowest BCUT2D eigenvalue weighted by atomic mass is 10.2. The fourth-order valence-electron chi connectivity index (χ4n) is 1.96. The maximum atomic E-state index is 5.75. The summed E-state index contributed by atoms with van der Waals surface area (Å²) in [5.41, 5.74) is 0.981. The largest absolute Gasteiger partial charge is 0.421 e. The van der Waals surface area contributed by atoms with Gasteiger partial charge in [0.25, 0.3) is 0 Å². The Morgan fingerprint density at radius 2 is 2.20 bits per heavy atom. The van der Waals surface area contributed by atoms with E-state index in [1.807, 2.05) is 18.2 Å². The molecule has 20 heavy (non-hydrogen) atoms.